The summed E-state index contributed by atoms with van der Waals surface area (Å²) in [6.45, 7) is 2.46. The lowest BCUT2D eigenvalue weighted by Gasteiger charge is -2.12. The fraction of sp³-hybridized carbons (Fsp3) is 0.318. The van der Waals surface area contributed by atoms with Crippen LogP contribution in [0.3, 0.4) is 0 Å². The Morgan fingerprint density at radius 2 is 1.90 bits per heavy atom. The summed E-state index contributed by atoms with van der Waals surface area (Å²) in [5.41, 5.74) is 3.98. The van der Waals surface area contributed by atoms with E-state index in [9.17, 15) is 4.79 Å². The molecule has 0 aliphatic carbocycles. The number of hydrogen-bond donors (Lipinski definition) is 3. The van der Waals surface area contributed by atoms with E-state index in [0.717, 1.165) is 55.0 Å². The summed E-state index contributed by atoms with van der Waals surface area (Å²) >= 11 is 0. The summed E-state index contributed by atoms with van der Waals surface area (Å²) in [6.07, 6.45) is 3.67. The average Bonchev–Trinajstić information content (AvgIpc) is 3.18. The van der Waals surface area contributed by atoms with Gasteiger partial charge in [-0.15, -0.1) is 24.0 Å². The van der Waals surface area contributed by atoms with Crippen LogP contribution in [0, 0.1) is 0 Å². The third-order valence-corrected chi connectivity index (χ3v) is 4.74. The van der Waals surface area contributed by atoms with Gasteiger partial charge in [0, 0.05) is 39.3 Å². The number of aryl methyl sites for hydroxylation is 1. The Hall–Kier alpha value is -2.62. The number of amides is 1. The van der Waals surface area contributed by atoms with Crippen LogP contribution < -0.4 is 16.0 Å². The molecule has 160 valence electrons. The number of fused-ring (bicyclic) bond motifs is 1. The van der Waals surface area contributed by atoms with Gasteiger partial charge in [0.25, 0.3) is 5.91 Å². The molecule has 0 radical (unpaired) electrons. The molecule has 3 aromatic rings. The van der Waals surface area contributed by atoms with E-state index in [0.29, 0.717) is 5.56 Å². The fourth-order valence-electron chi connectivity index (χ4n) is 3.20. The van der Waals surface area contributed by atoms with Gasteiger partial charge < -0.3 is 20.5 Å². The molecule has 1 amide bonds. The molecule has 0 saturated carbocycles. The van der Waals surface area contributed by atoms with E-state index in [2.05, 4.69) is 36.6 Å². The molecule has 0 aliphatic heterocycles. The highest BCUT2D eigenvalue weighted by Gasteiger charge is 2.04. The zero-order valence-electron chi connectivity index (χ0n) is 17.4. The number of carbonyl (C=O) groups is 1. The second kappa shape index (κ2) is 12.2. The highest BCUT2D eigenvalue weighted by atomic mass is 127. The van der Waals surface area contributed by atoms with Gasteiger partial charge in [0.2, 0.25) is 0 Å². The van der Waals surface area contributed by atoms with Crippen molar-refractivity contribution in [2.75, 3.05) is 27.2 Å². The van der Waals surface area contributed by atoms with E-state index in [1.807, 2.05) is 48.8 Å². The van der Waals surface area contributed by atoms with Crippen molar-refractivity contribution >= 4 is 46.9 Å². The molecule has 0 unspecified atom stereocenters. The zero-order valence-corrected chi connectivity index (χ0v) is 19.7. The number of carbonyl (C=O) groups excluding carboxylic acids is 1. The van der Waals surface area contributed by atoms with Crippen LogP contribution in [0.25, 0.3) is 11.0 Å². The maximum atomic E-state index is 11.7. The highest BCUT2D eigenvalue weighted by molar-refractivity contribution is 14.0. The number of nitrogens with one attached hydrogen (secondary N) is 3. The predicted octanol–water partition coefficient (Wildman–Crippen LogP) is 2.81. The number of nitrogens with zero attached hydrogens (tertiary/aromatic N) is 3. The number of benzene rings is 2. The first kappa shape index (κ1) is 23.7. The quantitative estimate of drug-likeness (QED) is 0.185. The third-order valence-electron chi connectivity index (χ3n) is 4.74. The van der Waals surface area contributed by atoms with Gasteiger partial charge in [0.05, 0.1) is 17.4 Å². The van der Waals surface area contributed by atoms with E-state index in [-0.39, 0.29) is 29.9 Å². The first-order valence-electron chi connectivity index (χ1n) is 9.86. The van der Waals surface area contributed by atoms with Crippen molar-refractivity contribution in [2.24, 2.45) is 4.99 Å². The van der Waals surface area contributed by atoms with Crippen molar-refractivity contribution in [1.82, 2.24) is 25.5 Å². The molecule has 2 aromatic carbocycles. The topological polar surface area (TPSA) is 83.3 Å². The summed E-state index contributed by atoms with van der Waals surface area (Å²) in [4.78, 5) is 20.4. The molecule has 7 nitrogen and oxygen atoms in total. The molecular weight excluding hydrogens is 491 g/mol. The minimum atomic E-state index is -0.0667. The SMILES string of the molecule is CN=C(NCCCn1cnc2ccccc21)NCCc1cccc(C(=O)NC)c1.I. The Labute approximate surface area is 194 Å². The minimum Gasteiger partial charge on any atom is -0.356 e. The minimum absolute atomic E-state index is 0. The Balaban J connectivity index is 0.00000320. The summed E-state index contributed by atoms with van der Waals surface area (Å²) in [5.74, 6) is 0.714. The van der Waals surface area contributed by atoms with Gasteiger partial charge in [-0.2, -0.15) is 0 Å². The van der Waals surface area contributed by atoms with E-state index < -0.39 is 0 Å². The Bertz CT molecular complexity index is 984. The smallest absolute Gasteiger partial charge is 0.251 e. The van der Waals surface area contributed by atoms with Gasteiger partial charge in [0.15, 0.2) is 5.96 Å². The fourth-order valence-corrected chi connectivity index (χ4v) is 3.20. The number of aromatic nitrogens is 2. The van der Waals surface area contributed by atoms with Crippen LogP contribution in [-0.2, 0) is 13.0 Å². The van der Waals surface area contributed by atoms with Gasteiger partial charge in [-0.3, -0.25) is 9.79 Å². The molecule has 1 heterocycles. The predicted molar refractivity (Wildman–Crippen MR) is 133 cm³/mol. The second-order valence-electron chi connectivity index (χ2n) is 6.74. The standard InChI is InChI=1S/C22H28N6O.HI/c1-23-21(29)18-8-5-7-17(15-18)11-13-26-22(24-2)25-12-6-14-28-16-27-19-9-3-4-10-20(19)28;/h3-5,7-10,15-16H,6,11-14H2,1-2H3,(H,23,29)(H2,24,25,26);1H. The van der Waals surface area contributed by atoms with E-state index in [4.69, 9.17) is 0 Å². The number of para-hydroxylation sites is 2. The lowest BCUT2D eigenvalue weighted by molar-refractivity contribution is 0.0963. The number of imidazole rings is 1. The van der Waals surface area contributed by atoms with Crippen molar-refractivity contribution < 1.29 is 4.79 Å². The van der Waals surface area contributed by atoms with E-state index in [1.54, 1.807) is 14.1 Å². The van der Waals surface area contributed by atoms with Crippen LogP contribution in [0.4, 0.5) is 0 Å². The molecule has 3 N–H and O–H groups in total. The Kier molecular flexibility index (Phi) is 9.59. The normalized spacial score (nSPS) is 11.1. The van der Waals surface area contributed by atoms with E-state index >= 15 is 0 Å². The molecular formula is C22H29IN6O. The summed E-state index contributed by atoms with van der Waals surface area (Å²) < 4.78 is 2.17. The van der Waals surface area contributed by atoms with Crippen molar-refractivity contribution in [3.05, 3.63) is 66.0 Å². The maximum Gasteiger partial charge on any atom is 0.251 e. The first-order chi connectivity index (χ1) is 14.2. The largest absolute Gasteiger partial charge is 0.356 e. The van der Waals surface area contributed by atoms with Gasteiger partial charge in [-0.1, -0.05) is 24.3 Å². The van der Waals surface area contributed by atoms with Crippen molar-refractivity contribution in [3.63, 3.8) is 0 Å². The third kappa shape index (κ3) is 6.45. The molecule has 30 heavy (non-hydrogen) atoms. The van der Waals surface area contributed by atoms with Gasteiger partial charge in [-0.05, 0) is 42.7 Å². The van der Waals surface area contributed by atoms with Gasteiger partial charge in [0.1, 0.15) is 0 Å². The van der Waals surface area contributed by atoms with Crippen LogP contribution >= 0.6 is 24.0 Å². The van der Waals surface area contributed by atoms with Crippen molar-refractivity contribution in [1.29, 1.82) is 0 Å². The number of rotatable bonds is 8. The lowest BCUT2D eigenvalue weighted by Crippen LogP contribution is -2.39. The molecule has 0 bridgehead atoms. The second-order valence-corrected chi connectivity index (χ2v) is 6.74. The van der Waals surface area contributed by atoms with Crippen LogP contribution in [0.2, 0.25) is 0 Å². The molecule has 0 saturated heterocycles. The van der Waals surface area contributed by atoms with E-state index in [1.165, 1.54) is 0 Å². The zero-order chi connectivity index (χ0) is 20.5. The highest BCUT2D eigenvalue weighted by Crippen LogP contribution is 2.11. The summed E-state index contributed by atoms with van der Waals surface area (Å²) in [7, 11) is 3.41. The summed E-state index contributed by atoms with van der Waals surface area (Å²) in [6, 6.07) is 15.8. The van der Waals surface area contributed by atoms with Crippen molar-refractivity contribution in [3.8, 4) is 0 Å². The number of aliphatic imine (C=N–C) groups is 1. The van der Waals surface area contributed by atoms with Crippen molar-refractivity contribution in [2.45, 2.75) is 19.4 Å². The Morgan fingerprint density at radius 1 is 1.10 bits per heavy atom. The average molecular weight is 520 g/mol. The monoisotopic (exact) mass is 520 g/mol. The molecule has 0 fully saturated rings. The molecule has 0 spiro atoms. The number of guanidine groups is 1. The lowest BCUT2D eigenvalue weighted by atomic mass is 10.1. The molecule has 0 aliphatic rings. The van der Waals surface area contributed by atoms with Gasteiger partial charge >= 0.3 is 0 Å². The van der Waals surface area contributed by atoms with Gasteiger partial charge in [-0.25, -0.2) is 4.98 Å². The number of halogens is 1. The van der Waals surface area contributed by atoms with Crippen LogP contribution in [0.15, 0.2) is 59.9 Å². The molecule has 0 atom stereocenters. The number of hydrogen-bond acceptors (Lipinski definition) is 3. The van der Waals surface area contributed by atoms with Crippen LogP contribution in [-0.4, -0.2) is 48.6 Å². The van der Waals surface area contributed by atoms with Crippen LogP contribution in [0.1, 0.15) is 22.3 Å². The summed E-state index contributed by atoms with van der Waals surface area (Å²) in [5, 5.41) is 9.32. The Morgan fingerprint density at radius 3 is 2.70 bits per heavy atom. The van der Waals surface area contributed by atoms with Crippen LogP contribution in [0.5, 0.6) is 0 Å². The maximum absolute atomic E-state index is 11.7. The molecule has 8 heteroatoms. The molecule has 3 rings (SSSR count). The molecule has 1 aromatic heterocycles. The first-order valence-corrected chi connectivity index (χ1v) is 9.86.